The van der Waals surface area contributed by atoms with E-state index in [1.54, 1.807) is 25.3 Å². The van der Waals surface area contributed by atoms with Crippen LogP contribution in [0.15, 0.2) is 54.6 Å². The Morgan fingerprint density at radius 1 is 1.05 bits per heavy atom. The van der Waals surface area contributed by atoms with Crippen molar-refractivity contribution in [3.05, 3.63) is 71.5 Å². The van der Waals surface area contributed by atoms with Crippen molar-refractivity contribution in [2.45, 2.75) is 12.0 Å². The molecule has 0 aliphatic carbocycles. The summed E-state index contributed by atoms with van der Waals surface area (Å²) in [4.78, 5) is 0. The average Bonchev–Trinajstić information content (AvgIpc) is 2.55. The van der Waals surface area contributed by atoms with Crippen LogP contribution in [0.1, 0.15) is 17.5 Å². The Hall–Kier alpha value is -1.75. The molecule has 0 amide bonds. The van der Waals surface area contributed by atoms with Crippen LogP contribution in [0.5, 0.6) is 0 Å². The Morgan fingerprint density at radius 2 is 1.73 bits per heavy atom. The standard InChI is InChI=1S/C18H22FNO2/c1-22-14-13-20-12-11-18(21,15-7-3-2-4-8-15)16-9-5-6-10-17(16)19/h2-10,20-21H,11-14H2,1H3. The Bertz CT molecular complexity index is 576. The van der Waals surface area contributed by atoms with E-state index in [9.17, 15) is 9.50 Å². The summed E-state index contributed by atoms with van der Waals surface area (Å²) in [5.74, 6) is -0.397. The minimum absolute atomic E-state index is 0.301. The van der Waals surface area contributed by atoms with E-state index in [2.05, 4.69) is 5.32 Å². The van der Waals surface area contributed by atoms with E-state index in [1.807, 2.05) is 30.3 Å². The molecule has 22 heavy (non-hydrogen) atoms. The second-order valence-corrected chi connectivity index (χ2v) is 5.20. The van der Waals surface area contributed by atoms with Gasteiger partial charge in [-0.2, -0.15) is 0 Å². The number of ether oxygens (including phenoxy) is 1. The highest BCUT2D eigenvalue weighted by Crippen LogP contribution is 2.34. The molecule has 2 N–H and O–H groups in total. The van der Waals surface area contributed by atoms with Gasteiger partial charge in [-0.1, -0.05) is 48.5 Å². The van der Waals surface area contributed by atoms with Crippen molar-refractivity contribution in [1.29, 1.82) is 0 Å². The highest BCUT2D eigenvalue weighted by atomic mass is 19.1. The fraction of sp³-hybridized carbons (Fsp3) is 0.333. The molecule has 0 fully saturated rings. The summed E-state index contributed by atoms with van der Waals surface area (Å²) >= 11 is 0. The van der Waals surface area contributed by atoms with E-state index in [-0.39, 0.29) is 0 Å². The van der Waals surface area contributed by atoms with Gasteiger partial charge >= 0.3 is 0 Å². The van der Waals surface area contributed by atoms with Gasteiger partial charge < -0.3 is 15.2 Å². The van der Waals surface area contributed by atoms with E-state index in [1.165, 1.54) is 6.07 Å². The van der Waals surface area contributed by atoms with Gasteiger partial charge in [-0.3, -0.25) is 0 Å². The average molecular weight is 303 g/mol. The van der Waals surface area contributed by atoms with Gasteiger partial charge in [0.2, 0.25) is 0 Å². The van der Waals surface area contributed by atoms with Gasteiger partial charge in [-0.25, -0.2) is 4.39 Å². The topological polar surface area (TPSA) is 41.5 Å². The first-order chi connectivity index (χ1) is 10.7. The van der Waals surface area contributed by atoms with Crippen LogP contribution < -0.4 is 5.32 Å². The van der Waals surface area contributed by atoms with E-state index in [0.29, 0.717) is 37.2 Å². The normalized spacial score (nSPS) is 13.8. The van der Waals surface area contributed by atoms with Crippen LogP contribution in [0.2, 0.25) is 0 Å². The van der Waals surface area contributed by atoms with Gasteiger partial charge in [0.25, 0.3) is 0 Å². The van der Waals surface area contributed by atoms with Crippen LogP contribution in [0.25, 0.3) is 0 Å². The third kappa shape index (κ3) is 3.91. The number of halogens is 1. The molecule has 0 heterocycles. The molecule has 0 aliphatic rings. The van der Waals surface area contributed by atoms with Crippen molar-refractivity contribution in [2.75, 3.05) is 26.8 Å². The molecule has 0 bridgehead atoms. The maximum atomic E-state index is 14.2. The van der Waals surface area contributed by atoms with Gasteiger partial charge in [0.1, 0.15) is 11.4 Å². The Balaban J connectivity index is 2.23. The van der Waals surface area contributed by atoms with Gasteiger partial charge in [0.05, 0.1) is 6.61 Å². The molecule has 2 aromatic rings. The number of aliphatic hydroxyl groups is 1. The molecule has 1 atom stereocenters. The molecular weight excluding hydrogens is 281 g/mol. The third-order valence-electron chi connectivity index (χ3n) is 3.72. The summed E-state index contributed by atoms with van der Waals surface area (Å²) in [7, 11) is 1.64. The zero-order valence-electron chi connectivity index (χ0n) is 12.8. The molecule has 0 saturated heterocycles. The van der Waals surface area contributed by atoms with Crippen molar-refractivity contribution in [3.63, 3.8) is 0 Å². The van der Waals surface area contributed by atoms with E-state index < -0.39 is 11.4 Å². The van der Waals surface area contributed by atoms with Gasteiger partial charge in [0, 0.05) is 19.2 Å². The summed E-state index contributed by atoms with van der Waals surface area (Å²) in [5, 5.41) is 14.4. The molecule has 4 heteroatoms. The highest BCUT2D eigenvalue weighted by Gasteiger charge is 2.33. The first-order valence-electron chi connectivity index (χ1n) is 7.41. The molecule has 0 radical (unpaired) electrons. The first kappa shape index (κ1) is 16.6. The third-order valence-corrected chi connectivity index (χ3v) is 3.72. The number of hydrogen-bond donors (Lipinski definition) is 2. The Morgan fingerprint density at radius 3 is 2.41 bits per heavy atom. The first-order valence-corrected chi connectivity index (χ1v) is 7.41. The zero-order chi connectivity index (χ0) is 15.8. The van der Waals surface area contributed by atoms with Crippen molar-refractivity contribution in [2.24, 2.45) is 0 Å². The lowest BCUT2D eigenvalue weighted by atomic mass is 9.83. The number of nitrogens with one attached hydrogen (secondary N) is 1. The monoisotopic (exact) mass is 303 g/mol. The number of hydrogen-bond acceptors (Lipinski definition) is 3. The van der Waals surface area contributed by atoms with Crippen molar-refractivity contribution in [1.82, 2.24) is 5.32 Å². The summed E-state index contributed by atoms with van der Waals surface area (Å²) in [6.07, 6.45) is 0.377. The van der Waals surface area contributed by atoms with E-state index in [4.69, 9.17) is 4.74 Å². The van der Waals surface area contributed by atoms with Crippen LogP contribution in [0.3, 0.4) is 0 Å². The Kier molecular flexibility index (Phi) is 6.07. The zero-order valence-corrected chi connectivity index (χ0v) is 12.8. The molecular formula is C18H22FNO2. The van der Waals surface area contributed by atoms with Crippen molar-refractivity contribution < 1.29 is 14.2 Å². The summed E-state index contributed by atoms with van der Waals surface area (Å²) in [6.45, 7) is 1.85. The van der Waals surface area contributed by atoms with E-state index >= 15 is 0 Å². The van der Waals surface area contributed by atoms with Crippen LogP contribution >= 0.6 is 0 Å². The fourth-order valence-corrected chi connectivity index (χ4v) is 2.51. The molecule has 2 rings (SSSR count). The molecule has 118 valence electrons. The van der Waals surface area contributed by atoms with Crippen LogP contribution in [-0.2, 0) is 10.3 Å². The molecule has 0 saturated carbocycles. The lowest BCUT2D eigenvalue weighted by molar-refractivity contribution is 0.0666. The molecule has 1 unspecified atom stereocenters. The lowest BCUT2D eigenvalue weighted by Crippen LogP contribution is -2.33. The smallest absolute Gasteiger partial charge is 0.129 e. The molecule has 3 nitrogen and oxygen atoms in total. The van der Waals surface area contributed by atoms with Gasteiger partial charge in [-0.05, 0) is 24.6 Å². The quantitative estimate of drug-likeness (QED) is 0.737. The van der Waals surface area contributed by atoms with Gasteiger partial charge in [0.15, 0.2) is 0 Å². The SMILES string of the molecule is COCCNCCC(O)(c1ccccc1)c1ccccc1F. The largest absolute Gasteiger partial charge is 0.383 e. The second-order valence-electron chi connectivity index (χ2n) is 5.20. The minimum atomic E-state index is -1.35. The second kappa shape index (κ2) is 8.03. The van der Waals surface area contributed by atoms with Crippen molar-refractivity contribution >= 4 is 0 Å². The summed E-state index contributed by atoms with van der Waals surface area (Å²) < 4.78 is 19.2. The summed E-state index contributed by atoms with van der Waals surface area (Å²) in [5.41, 5.74) is -0.365. The molecule has 0 aliphatic heterocycles. The molecule has 2 aromatic carbocycles. The molecule has 0 aromatic heterocycles. The minimum Gasteiger partial charge on any atom is -0.383 e. The summed E-state index contributed by atoms with van der Waals surface area (Å²) in [6, 6.07) is 15.6. The van der Waals surface area contributed by atoms with Crippen molar-refractivity contribution in [3.8, 4) is 0 Å². The molecule has 0 spiro atoms. The van der Waals surface area contributed by atoms with Crippen LogP contribution in [0, 0.1) is 5.82 Å². The predicted octanol–water partition coefficient (Wildman–Crippen LogP) is 2.69. The fourth-order valence-electron chi connectivity index (χ4n) is 2.51. The number of rotatable bonds is 8. The van der Waals surface area contributed by atoms with Crippen LogP contribution in [0.4, 0.5) is 4.39 Å². The van der Waals surface area contributed by atoms with Crippen LogP contribution in [-0.4, -0.2) is 31.9 Å². The maximum absolute atomic E-state index is 14.2. The lowest BCUT2D eigenvalue weighted by Gasteiger charge is -2.30. The number of methoxy groups -OCH3 is 1. The predicted molar refractivity (Wildman–Crippen MR) is 85.2 cm³/mol. The van der Waals surface area contributed by atoms with E-state index in [0.717, 1.165) is 0 Å². The Labute approximate surface area is 130 Å². The highest BCUT2D eigenvalue weighted by molar-refractivity contribution is 5.36. The number of benzene rings is 2. The maximum Gasteiger partial charge on any atom is 0.129 e. The van der Waals surface area contributed by atoms with Gasteiger partial charge in [-0.15, -0.1) is 0 Å².